The maximum Gasteiger partial charge on any atom is 0.283 e. The van der Waals surface area contributed by atoms with Crippen LogP contribution < -0.4 is 5.56 Å². The van der Waals surface area contributed by atoms with E-state index in [1.54, 1.807) is 18.5 Å². The smallest absolute Gasteiger partial charge is 0.283 e. The minimum atomic E-state index is -0.235. The number of fused-ring (bicyclic) bond motifs is 1. The second-order valence-electron chi connectivity index (χ2n) is 6.51. The van der Waals surface area contributed by atoms with Crippen molar-refractivity contribution in [1.82, 2.24) is 9.66 Å². The summed E-state index contributed by atoms with van der Waals surface area (Å²) in [6, 6.07) is 7.47. The van der Waals surface area contributed by atoms with Gasteiger partial charge < -0.3 is 8.83 Å². The largest absolute Gasteiger partial charge is 0.464 e. The Morgan fingerprint density at radius 2 is 2.27 bits per heavy atom. The highest BCUT2D eigenvalue weighted by atomic mass is 32.1. The first kappa shape index (κ1) is 15.3. The minimum Gasteiger partial charge on any atom is -0.464 e. The Bertz CT molecular complexity index is 1170. The predicted octanol–water partition coefficient (Wildman–Crippen LogP) is 4.32. The van der Waals surface area contributed by atoms with Crippen molar-refractivity contribution >= 4 is 27.8 Å². The molecule has 0 saturated heterocycles. The van der Waals surface area contributed by atoms with Gasteiger partial charge in [0.2, 0.25) is 0 Å². The standard InChI is InChI=1S/C19H15N3O3S/c1-11-7-13(11)16-5-4-12(25-16)8-21-22-10-20-18-17(19(22)23)14(9-26-18)15-3-2-6-24-15/h2-6,8-11,13H,7H2,1H3/b21-8-/t11-,13+/m0/s1. The van der Waals surface area contributed by atoms with Crippen LogP contribution in [0.2, 0.25) is 0 Å². The molecule has 0 aromatic carbocycles. The molecule has 4 heterocycles. The number of furan rings is 2. The molecule has 2 atom stereocenters. The Labute approximate surface area is 152 Å². The molecule has 0 radical (unpaired) electrons. The van der Waals surface area contributed by atoms with Crippen LogP contribution in [0.4, 0.5) is 0 Å². The van der Waals surface area contributed by atoms with E-state index in [0.29, 0.717) is 33.6 Å². The summed E-state index contributed by atoms with van der Waals surface area (Å²) < 4.78 is 12.4. The zero-order valence-electron chi connectivity index (χ0n) is 14.0. The van der Waals surface area contributed by atoms with Crippen molar-refractivity contribution in [3.05, 3.63) is 64.1 Å². The summed E-state index contributed by atoms with van der Waals surface area (Å²) >= 11 is 1.41. The van der Waals surface area contributed by atoms with E-state index in [0.717, 1.165) is 17.7 Å². The van der Waals surface area contributed by atoms with E-state index in [1.165, 1.54) is 22.3 Å². The fraction of sp³-hybridized carbons (Fsp3) is 0.211. The molecule has 5 rings (SSSR count). The highest BCUT2D eigenvalue weighted by Crippen LogP contribution is 2.47. The molecule has 0 aliphatic heterocycles. The fourth-order valence-electron chi connectivity index (χ4n) is 3.09. The first-order chi connectivity index (χ1) is 12.7. The van der Waals surface area contributed by atoms with E-state index in [-0.39, 0.29) is 5.56 Å². The maximum absolute atomic E-state index is 12.8. The summed E-state index contributed by atoms with van der Waals surface area (Å²) in [4.78, 5) is 17.8. The second kappa shape index (κ2) is 5.81. The van der Waals surface area contributed by atoms with Crippen LogP contribution in [-0.2, 0) is 0 Å². The summed E-state index contributed by atoms with van der Waals surface area (Å²) in [6.07, 6.45) is 5.72. The molecule has 1 saturated carbocycles. The van der Waals surface area contributed by atoms with Crippen molar-refractivity contribution in [3.63, 3.8) is 0 Å². The number of aromatic nitrogens is 2. The van der Waals surface area contributed by atoms with Crippen LogP contribution in [-0.4, -0.2) is 15.9 Å². The third-order valence-corrected chi connectivity index (χ3v) is 5.58. The SMILES string of the molecule is C[C@H]1C[C@H]1c1ccc(/C=N\n2cnc3scc(-c4ccco4)c3c2=O)o1. The van der Waals surface area contributed by atoms with Crippen molar-refractivity contribution in [2.45, 2.75) is 19.3 Å². The van der Waals surface area contributed by atoms with E-state index >= 15 is 0 Å². The van der Waals surface area contributed by atoms with E-state index in [2.05, 4.69) is 17.0 Å². The maximum atomic E-state index is 12.8. The number of thiophene rings is 1. The molecule has 0 spiro atoms. The summed E-state index contributed by atoms with van der Waals surface area (Å²) in [5, 5.41) is 6.62. The van der Waals surface area contributed by atoms with Crippen molar-refractivity contribution in [2.24, 2.45) is 11.0 Å². The molecule has 7 heteroatoms. The van der Waals surface area contributed by atoms with Crippen LogP contribution in [0.15, 0.2) is 61.0 Å². The molecule has 6 nitrogen and oxygen atoms in total. The monoisotopic (exact) mass is 365 g/mol. The van der Waals surface area contributed by atoms with Gasteiger partial charge in [0.1, 0.15) is 28.4 Å². The van der Waals surface area contributed by atoms with Gasteiger partial charge in [-0.15, -0.1) is 11.3 Å². The third-order valence-electron chi connectivity index (χ3n) is 4.70. The molecule has 1 fully saturated rings. The Hall–Kier alpha value is -2.93. The lowest BCUT2D eigenvalue weighted by Gasteiger charge is -1.98. The molecule has 0 unspecified atom stereocenters. The van der Waals surface area contributed by atoms with Crippen LogP contribution >= 0.6 is 11.3 Å². The van der Waals surface area contributed by atoms with Crippen LogP contribution in [0.5, 0.6) is 0 Å². The van der Waals surface area contributed by atoms with Gasteiger partial charge in [-0.2, -0.15) is 9.78 Å². The Balaban J connectivity index is 1.51. The number of hydrogen-bond donors (Lipinski definition) is 0. The van der Waals surface area contributed by atoms with E-state index in [1.807, 2.05) is 23.6 Å². The van der Waals surface area contributed by atoms with Gasteiger partial charge in [0.25, 0.3) is 5.56 Å². The van der Waals surface area contributed by atoms with Crippen molar-refractivity contribution in [3.8, 4) is 11.3 Å². The highest BCUT2D eigenvalue weighted by Gasteiger charge is 2.36. The predicted molar refractivity (Wildman–Crippen MR) is 99.8 cm³/mol. The van der Waals surface area contributed by atoms with Gasteiger partial charge >= 0.3 is 0 Å². The zero-order valence-corrected chi connectivity index (χ0v) is 14.8. The zero-order chi connectivity index (χ0) is 17.7. The van der Waals surface area contributed by atoms with Gasteiger partial charge in [-0.05, 0) is 36.6 Å². The van der Waals surface area contributed by atoms with E-state index < -0.39 is 0 Å². The van der Waals surface area contributed by atoms with Gasteiger partial charge in [0.05, 0.1) is 17.9 Å². The molecule has 0 bridgehead atoms. The van der Waals surface area contributed by atoms with E-state index in [9.17, 15) is 4.79 Å². The van der Waals surface area contributed by atoms with Crippen LogP contribution in [0.1, 0.15) is 30.8 Å². The number of rotatable bonds is 4. The molecular weight excluding hydrogens is 350 g/mol. The molecule has 4 aromatic rings. The Kier molecular flexibility index (Phi) is 3.43. The van der Waals surface area contributed by atoms with Gasteiger partial charge in [-0.3, -0.25) is 4.79 Å². The second-order valence-corrected chi connectivity index (χ2v) is 7.36. The molecule has 1 aliphatic carbocycles. The molecule has 0 amide bonds. The average molecular weight is 365 g/mol. The molecule has 4 aromatic heterocycles. The molecule has 130 valence electrons. The van der Waals surface area contributed by atoms with Gasteiger partial charge in [-0.25, -0.2) is 4.98 Å². The van der Waals surface area contributed by atoms with Crippen molar-refractivity contribution in [2.75, 3.05) is 0 Å². The van der Waals surface area contributed by atoms with Crippen LogP contribution in [0.3, 0.4) is 0 Å². The van der Waals surface area contributed by atoms with Crippen LogP contribution in [0, 0.1) is 5.92 Å². The summed E-state index contributed by atoms with van der Waals surface area (Å²) in [5.41, 5.74) is 0.501. The first-order valence-electron chi connectivity index (χ1n) is 8.37. The molecule has 1 aliphatic rings. The topological polar surface area (TPSA) is 73.5 Å². The lowest BCUT2D eigenvalue weighted by atomic mass is 10.2. The number of nitrogens with zero attached hydrogens (tertiary/aromatic N) is 3. The highest BCUT2D eigenvalue weighted by molar-refractivity contribution is 7.17. The lowest BCUT2D eigenvalue weighted by Crippen LogP contribution is -2.16. The van der Waals surface area contributed by atoms with Crippen LogP contribution in [0.25, 0.3) is 21.5 Å². The molecule has 0 N–H and O–H groups in total. The van der Waals surface area contributed by atoms with Gasteiger partial charge in [0.15, 0.2) is 0 Å². The Morgan fingerprint density at radius 3 is 3.04 bits per heavy atom. The third kappa shape index (κ3) is 2.52. The Morgan fingerprint density at radius 1 is 1.38 bits per heavy atom. The molecule has 26 heavy (non-hydrogen) atoms. The average Bonchev–Trinajstić information content (AvgIpc) is 3.14. The van der Waals surface area contributed by atoms with Gasteiger partial charge in [-0.1, -0.05) is 6.92 Å². The minimum absolute atomic E-state index is 0.235. The van der Waals surface area contributed by atoms with E-state index in [4.69, 9.17) is 8.83 Å². The normalized spacial score (nSPS) is 19.6. The fourth-order valence-corrected chi connectivity index (χ4v) is 3.98. The van der Waals surface area contributed by atoms with Crippen molar-refractivity contribution in [1.29, 1.82) is 0 Å². The first-order valence-corrected chi connectivity index (χ1v) is 9.25. The number of hydrogen-bond acceptors (Lipinski definition) is 6. The summed E-state index contributed by atoms with van der Waals surface area (Å²) in [5.74, 6) is 3.45. The summed E-state index contributed by atoms with van der Waals surface area (Å²) in [7, 11) is 0. The van der Waals surface area contributed by atoms with Crippen molar-refractivity contribution < 1.29 is 8.83 Å². The molecular formula is C19H15N3O3S. The lowest BCUT2D eigenvalue weighted by molar-refractivity contribution is 0.500. The summed E-state index contributed by atoms with van der Waals surface area (Å²) in [6.45, 7) is 2.21. The quantitative estimate of drug-likeness (QED) is 0.505. The van der Waals surface area contributed by atoms with Gasteiger partial charge in [0, 0.05) is 16.9 Å².